The van der Waals surface area contributed by atoms with Crippen LogP contribution in [0.1, 0.15) is 11.1 Å². The maximum absolute atomic E-state index is 11.8. The number of halogens is 2. The van der Waals surface area contributed by atoms with E-state index in [2.05, 4.69) is 20.3 Å². The smallest absolute Gasteiger partial charge is 0.331 e. The van der Waals surface area contributed by atoms with E-state index in [1.54, 1.807) is 18.2 Å². The standard InChI is InChI=1S/C20H15Cl2N3O4S/c1-28-18(26)9-17-19(27)24-20(30-17)25-23-10-12-3-2-4-14(7-12)29-11-13-5-6-15(21)16(22)8-13/h2-10H,11H2,1H3,(H,24,25,27)/b17-9+,23-10?. The second kappa shape index (κ2) is 10.3. The van der Waals surface area contributed by atoms with Crippen molar-refractivity contribution in [2.45, 2.75) is 6.61 Å². The molecule has 0 unspecified atom stereocenters. The largest absolute Gasteiger partial charge is 0.489 e. The molecular formula is C20H15Cl2N3O4S. The SMILES string of the molecule is COC(=O)/C=C1/S/C(=N\N=Cc2cccc(OCc3ccc(Cl)c(Cl)c3)c2)NC1=O. The molecule has 7 nitrogen and oxygen atoms in total. The third kappa shape index (κ3) is 6.09. The van der Waals surface area contributed by atoms with E-state index in [0.29, 0.717) is 22.4 Å². The van der Waals surface area contributed by atoms with Gasteiger partial charge in [0, 0.05) is 6.08 Å². The second-order valence-corrected chi connectivity index (χ2v) is 7.69. The predicted octanol–water partition coefficient (Wildman–Crippen LogP) is 4.18. The predicted molar refractivity (Wildman–Crippen MR) is 118 cm³/mol. The van der Waals surface area contributed by atoms with E-state index in [4.69, 9.17) is 27.9 Å². The minimum absolute atomic E-state index is 0.188. The number of carbonyl (C=O) groups is 2. The average Bonchev–Trinajstić information content (AvgIpc) is 3.08. The molecule has 2 aromatic rings. The molecule has 1 fully saturated rings. The average molecular weight is 464 g/mol. The van der Waals surface area contributed by atoms with Crippen LogP contribution in [0.4, 0.5) is 0 Å². The Balaban J connectivity index is 1.61. The van der Waals surface area contributed by atoms with Crippen LogP contribution in [0.3, 0.4) is 0 Å². The Morgan fingerprint density at radius 3 is 2.80 bits per heavy atom. The van der Waals surface area contributed by atoms with Gasteiger partial charge in [-0.1, -0.05) is 41.4 Å². The highest BCUT2D eigenvalue weighted by atomic mass is 35.5. The number of ether oxygens (including phenoxy) is 2. The van der Waals surface area contributed by atoms with E-state index in [1.807, 2.05) is 24.3 Å². The molecule has 1 heterocycles. The Kier molecular flexibility index (Phi) is 7.51. The Hall–Kier alpha value is -2.81. The molecule has 0 aromatic heterocycles. The van der Waals surface area contributed by atoms with Crippen LogP contribution in [0.25, 0.3) is 0 Å². The van der Waals surface area contributed by atoms with Gasteiger partial charge < -0.3 is 9.47 Å². The first-order valence-electron chi connectivity index (χ1n) is 8.51. The molecule has 0 aliphatic carbocycles. The summed E-state index contributed by atoms with van der Waals surface area (Å²) in [6, 6.07) is 12.6. The number of esters is 1. The summed E-state index contributed by atoms with van der Waals surface area (Å²) < 4.78 is 10.3. The van der Waals surface area contributed by atoms with Crippen LogP contribution in [-0.2, 0) is 20.9 Å². The molecule has 10 heteroatoms. The van der Waals surface area contributed by atoms with E-state index in [-0.39, 0.29) is 10.1 Å². The number of nitrogens with one attached hydrogen (secondary N) is 1. The first-order chi connectivity index (χ1) is 14.4. The lowest BCUT2D eigenvalue weighted by Crippen LogP contribution is -2.19. The fraction of sp³-hybridized carbons (Fsp3) is 0.100. The summed E-state index contributed by atoms with van der Waals surface area (Å²) in [7, 11) is 1.23. The third-order valence-corrected chi connectivity index (χ3v) is 5.34. The molecule has 2 aromatic carbocycles. The highest BCUT2D eigenvalue weighted by molar-refractivity contribution is 8.18. The van der Waals surface area contributed by atoms with Crippen molar-refractivity contribution in [3.8, 4) is 5.75 Å². The quantitative estimate of drug-likeness (QED) is 0.300. The molecule has 30 heavy (non-hydrogen) atoms. The summed E-state index contributed by atoms with van der Waals surface area (Å²) in [4.78, 5) is 23.2. The molecule has 0 spiro atoms. The Morgan fingerprint density at radius 1 is 1.20 bits per heavy atom. The first kappa shape index (κ1) is 21.9. The zero-order chi connectivity index (χ0) is 21.5. The summed E-state index contributed by atoms with van der Waals surface area (Å²) in [6.07, 6.45) is 2.62. The number of amides is 1. The minimum atomic E-state index is -0.616. The molecule has 1 saturated heterocycles. The molecule has 3 rings (SSSR count). The molecule has 1 amide bonds. The number of thioether (sulfide) groups is 1. The summed E-state index contributed by atoms with van der Waals surface area (Å²) >= 11 is 12.9. The van der Waals surface area contributed by atoms with Crippen LogP contribution < -0.4 is 10.1 Å². The van der Waals surface area contributed by atoms with Gasteiger partial charge in [0.1, 0.15) is 12.4 Å². The molecule has 0 atom stereocenters. The van der Waals surface area contributed by atoms with Gasteiger partial charge in [0.2, 0.25) is 0 Å². The van der Waals surface area contributed by atoms with E-state index in [0.717, 1.165) is 29.0 Å². The topological polar surface area (TPSA) is 89.3 Å². The molecule has 1 aliphatic heterocycles. The number of nitrogens with zero attached hydrogens (tertiary/aromatic N) is 2. The van der Waals surface area contributed by atoms with Crippen molar-refractivity contribution < 1.29 is 19.1 Å². The van der Waals surface area contributed by atoms with Crippen molar-refractivity contribution in [2.75, 3.05) is 7.11 Å². The lowest BCUT2D eigenvalue weighted by atomic mass is 10.2. The number of hydrogen-bond acceptors (Lipinski definition) is 7. The number of hydrogen-bond donors (Lipinski definition) is 1. The van der Waals surface area contributed by atoms with Gasteiger partial charge in [-0.05, 0) is 47.2 Å². The number of carbonyl (C=O) groups excluding carboxylic acids is 2. The molecule has 0 bridgehead atoms. The van der Waals surface area contributed by atoms with Crippen molar-refractivity contribution in [3.63, 3.8) is 0 Å². The zero-order valence-electron chi connectivity index (χ0n) is 15.6. The summed E-state index contributed by atoms with van der Waals surface area (Å²) in [5.74, 6) is -0.406. The van der Waals surface area contributed by atoms with Gasteiger partial charge in [0.15, 0.2) is 5.17 Å². The highest BCUT2D eigenvalue weighted by Gasteiger charge is 2.24. The lowest BCUT2D eigenvalue weighted by molar-refractivity contribution is -0.135. The normalized spacial score (nSPS) is 16.3. The Morgan fingerprint density at radius 2 is 2.03 bits per heavy atom. The number of rotatable bonds is 6. The maximum atomic E-state index is 11.8. The highest BCUT2D eigenvalue weighted by Crippen LogP contribution is 2.24. The van der Waals surface area contributed by atoms with E-state index >= 15 is 0 Å². The van der Waals surface area contributed by atoms with E-state index < -0.39 is 11.9 Å². The van der Waals surface area contributed by atoms with Crippen LogP contribution in [0.5, 0.6) is 5.75 Å². The van der Waals surface area contributed by atoms with Crippen molar-refractivity contribution >= 4 is 58.2 Å². The van der Waals surface area contributed by atoms with Gasteiger partial charge in [0.25, 0.3) is 5.91 Å². The fourth-order valence-corrected chi connectivity index (χ4v) is 3.33. The molecule has 1 aliphatic rings. The van der Waals surface area contributed by atoms with Gasteiger partial charge in [-0.15, -0.1) is 5.10 Å². The van der Waals surface area contributed by atoms with Crippen LogP contribution in [0, 0.1) is 0 Å². The number of methoxy groups -OCH3 is 1. The summed E-state index contributed by atoms with van der Waals surface area (Å²) in [6.45, 7) is 0.331. The summed E-state index contributed by atoms with van der Waals surface area (Å²) in [5, 5.41) is 11.7. The maximum Gasteiger partial charge on any atom is 0.331 e. The molecule has 154 valence electrons. The lowest BCUT2D eigenvalue weighted by Gasteiger charge is -2.07. The molecule has 0 radical (unpaired) electrons. The molecule has 1 N–H and O–H groups in total. The molecule has 0 saturated carbocycles. The Labute approximate surface area is 186 Å². The fourth-order valence-electron chi connectivity index (χ4n) is 2.27. The van der Waals surface area contributed by atoms with Gasteiger partial charge in [0.05, 0.1) is 28.3 Å². The van der Waals surface area contributed by atoms with Gasteiger partial charge >= 0.3 is 5.97 Å². The van der Waals surface area contributed by atoms with E-state index in [1.165, 1.54) is 13.3 Å². The van der Waals surface area contributed by atoms with Gasteiger partial charge in [-0.3, -0.25) is 10.1 Å². The van der Waals surface area contributed by atoms with Gasteiger partial charge in [-0.2, -0.15) is 5.10 Å². The minimum Gasteiger partial charge on any atom is -0.489 e. The van der Waals surface area contributed by atoms with Crippen LogP contribution in [0.2, 0.25) is 10.0 Å². The Bertz CT molecular complexity index is 1070. The van der Waals surface area contributed by atoms with Crippen LogP contribution >= 0.6 is 35.0 Å². The van der Waals surface area contributed by atoms with Crippen molar-refractivity contribution in [3.05, 3.63) is 74.6 Å². The monoisotopic (exact) mass is 463 g/mol. The van der Waals surface area contributed by atoms with Crippen LogP contribution in [0.15, 0.2) is 63.6 Å². The number of amidine groups is 1. The van der Waals surface area contributed by atoms with E-state index in [9.17, 15) is 9.59 Å². The van der Waals surface area contributed by atoms with Crippen molar-refractivity contribution in [1.82, 2.24) is 5.32 Å². The molecular weight excluding hydrogens is 449 g/mol. The number of benzene rings is 2. The van der Waals surface area contributed by atoms with Gasteiger partial charge in [-0.25, -0.2) is 4.79 Å². The third-order valence-electron chi connectivity index (χ3n) is 3.70. The van der Waals surface area contributed by atoms with Crippen LogP contribution in [-0.4, -0.2) is 30.4 Å². The zero-order valence-corrected chi connectivity index (χ0v) is 17.9. The van der Waals surface area contributed by atoms with Crippen molar-refractivity contribution in [1.29, 1.82) is 0 Å². The second-order valence-electron chi connectivity index (χ2n) is 5.85. The summed E-state index contributed by atoms with van der Waals surface area (Å²) in [5.41, 5.74) is 1.64. The first-order valence-corrected chi connectivity index (χ1v) is 10.1. The van der Waals surface area contributed by atoms with Crippen molar-refractivity contribution in [2.24, 2.45) is 10.2 Å².